The Hall–Kier alpha value is -3.80. The topological polar surface area (TPSA) is 83.6 Å². The Morgan fingerprint density at radius 3 is 2.25 bits per heavy atom. The number of rotatable bonds is 4. The molecule has 5 rings (SSSR count). The highest BCUT2D eigenvalue weighted by molar-refractivity contribution is 5.98. The lowest BCUT2D eigenvalue weighted by Crippen LogP contribution is -2.25. The van der Waals surface area contributed by atoms with Crippen molar-refractivity contribution < 1.29 is 4.79 Å². The highest BCUT2D eigenvalue weighted by Gasteiger charge is 2.09. The van der Waals surface area contributed by atoms with Gasteiger partial charge in [-0.05, 0) is 42.5 Å². The monoisotopic (exact) mass is 367 g/mol. The van der Waals surface area contributed by atoms with Gasteiger partial charge in [0.05, 0.1) is 33.1 Å². The van der Waals surface area contributed by atoms with Crippen molar-refractivity contribution in [3.05, 3.63) is 78.1 Å². The van der Waals surface area contributed by atoms with Gasteiger partial charge in [-0.1, -0.05) is 24.3 Å². The predicted molar refractivity (Wildman–Crippen MR) is 109 cm³/mol. The molecule has 0 aliphatic carbocycles. The van der Waals surface area contributed by atoms with E-state index in [4.69, 9.17) is 0 Å². The van der Waals surface area contributed by atoms with E-state index in [1.54, 1.807) is 12.1 Å². The molecule has 0 spiro atoms. The average molecular weight is 367 g/mol. The maximum absolute atomic E-state index is 12.5. The van der Waals surface area contributed by atoms with Crippen LogP contribution in [0.4, 0.5) is 0 Å². The van der Waals surface area contributed by atoms with Gasteiger partial charge in [0, 0.05) is 18.5 Å². The summed E-state index contributed by atoms with van der Waals surface area (Å²) in [5.74, 6) is 0.727. The van der Waals surface area contributed by atoms with Crippen molar-refractivity contribution in [3.8, 4) is 0 Å². The van der Waals surface area contributed by atoms with E-state index < -0.39 is 0 Å². The van der Waals surface area contributed by atoms with Crippen LogP contribution in [0.1, 0.15) is 16.2 Å². The zero-order valence-electron chi connectivity index (χ0n) is 15.0. The van der Waals surface area contributed by atoms with Gasteiger partial charge in [0.1, 0.15) is 5.82 Å². The van der Waals surface area contributed by atoms with Gasteiger partial charge in [-0.3, -0.25) is 4.79 Å². The number of hydrogen-bond donors (Lipinski definition) is 2. The van der Waals surface area contributed by atoms with Crippen LogP contribution in [0.15, 0.2) is 66.7 Å². The molecule has 0 saturated carbocycles. The first-order valence-corrected chi connectivity index (χ1v) is 9.15. The van der Waals surface area contributed by atoms with Gasteiger partial charge in [0.2, 0.25) is 0 Å². The molecular weight excluding hydrogens is 350 g/mol. The normalized spacial score (nSPS) is 11.3. The number of aromatic nitrogens is 4. The minimum atomic E-state index is -0.132. The number of carbonyl (C=O) groups is 1. The predicted octanol–water partition coefficient (Wildman–Crippen LogP) is 3.63. The SMILES string of the molecule is O=C(NCCc1nc2ccccc2[nH]1)c1ccc2nc3ccccc3nc2c1. The number of carbonyl (C=O) groups excluding carboxylic acids is 1. The van der Waals surface area contributed by atoms with Gasteiger partial charge in [-0.2, -0.15) is 0 Å². The molecule has 6 nitrogen and oxygen atoms in total. The van der Waals surface area contributed by atoms with Gasteiger partial charge >= 0.3 is 0 Å². The number of benzene rings is 3. The molecule has 0 bridgehead atoms. The Labute approximate surface area is 160 Å². The first kappa shape index (κ1) is 16.4. The molecule has 2 heterocycles. The number of imidazole rings is 1. The summed E-state index contributed by atoms with van der Waals surface area (Å²) in [6.45, 7) is 0.500. The lowest BCUT2D eigenvalue weighted by atomic mass is 10.1. The number of hydrogen-bond acceptors (Lipinski definition) is 4. The number of fused-ring (bicyclic) bond motifs is 3. The number of H-pyrrole nitrogens is 1. The van der Waals surface area contributed by atoms with E-state index in [1.807, 2.05) is 54.6 Å². The molecule has 2 N–H and O–H groups in total. The van der Waals surface area contributed by atoms with Crippen LogP contribution in [0.3, 0.4) is 0 Å². The zero-order chi connectivity index (χ0) is 18.9. The first-order valence-electron chi connectivity index (χ1n) is 9.15. The maximum Gasteiger partial charge on any atom is 0.251 e. The van der Waals surface area contributed by atoms with Gasteiger partial charge < -0.3 is 10.3 Å². The van der Waals surface area contributed by atoms with Crippen molar-refractivity contribution in [2.45, 2.75) is 6.42 Å². The number of nitrogens with zero attached hydrogens (tertiary/aromatic N) is 3. The van der Waals surface area contributed by atoms with Crippen molar-refractivity contribution in [2.75, 3.05) is 6.54 Å². The van der Waals surface area contributed by atoms with E-state index in [-0.39, 0.29) is 5.91 Å². The molecule has 3 aromatic carbocycles. The summed E-state index contributed by atoms with van der Waals surface area (Å²) in [5.41, 5.74) is 5.66. The Kier molecular flexibility index (Phi) is 3.94. The summed E-state index contributed by atoms with van der Waals surface area (Å²) < 4.78 is 0. The van der Waals surface area contributed by atoms with Crippen molar-refractivity contribution in [1.82, 2.24) is 25.3 Å². The smallest absolute Gasteiger partial charge is 0.251 e. The van der Waals surface area contributed by atoms with E-state index in [1.165, 1.54) is 0 Å². The molecule has 0 unspecified atom stereocenters. The Morgan fingerprint density at radius 2 is 1.46 bits per heavy atom. The summed E-state index contributed by atoms with van der Waals surface area (Å²) in [7, 11) is 0. The van der Waals surface area contributed by atoms with Gasteiger partial charge in [0.25, 0.3) is 5.91 Å². The first-order chi connectivity index (χ1) is 13.8. The summed E-state index contributed by atoms with van der Waals surface area (Å²) in [4.78, 5) is 29.5. The van der Waals surface area contributed by atoms with Crippen molar-refractivity contribution in [2.24, 2.45) is 0 Å². The molecule has 0 saturated heterocycles. The molecule has 0 radical (unpaired) electrons. The third kappa shape index (κ3) is 3.05. The van der Waals surface area contributed by atoms with Crippen molar-refractivity contribution >= 4 is 39.0 Å². The van der Waals surface area contributed by atoms with Crippen LogP contribution in [0.5, 0.6) is 0 Å². The number of aromatic amines is 1. The van der Waals surface area contributed by atoms with Crippen LogP contribution < -0.4 is 5.32 Å². The second-order valence-electron chi connectivity index (χ2n) is 6.62. The van der Waals surface area contributed by atoms with Crippen LogP contribution in [0.2, 0.25) is 0 Å². The minimum Gasteiger partial charge on any atom is -0.352 e. The fraction of sp³-hybridized carbons (Fsp3) is 0.0909. The van der Waals surface area contributed by atoms with E-state index in [0.717, 1.165) is 33.4 Å². The fourth-order valence-corrected chi connectivity index (χ4v) is 3.28. The second kappa shape index (κ2) is 6.74. The number of amides is 1. The van der Waals surface area contributed by atoms with E-state index in [2.05, 4.69) is 25.3 Å². The molecule has 0 atom stereocenters. The van der Waals surface area contributed by atoms with E-state index in [9.17, 15) is 4.79 Å². The summed E-state index contributed by atoms with van der Waals surface area (Å²) in [6, 6.07) is 21.0. The molecule has 1 amide bonds. The largest absolute Gasteiger partial charge is 0.352 e. The number of nitrogens with one attached hydrogen (secondary N) is 2. The lowest BCUT2D eigenvalue weighted by molar-refractivity contribution is 0.0954. The molecule has 28 heavy (non-hydrogen) atoms. The third-order valence-electron chi connectivity index (χ3n) is 4.69. The Bertz CT molecular complexity index is 1290. The maximum atomic E-state index is 12.5. The van der Waals surface area contributed by atoms with Crippen molar-refractivity contribution in [3.63, 3.8) is 0 Å². The standard InChI is InChI=1S/C22H17N5O/c28-22(23-12-11-21-26-17-7-3-4-8-18(17)27-21)14-9-10-19-20(13-14)25-16-6-2-1-5-15(16)24-19/h1-10,13H,11-12H2,(H,23,28)(H,26,27). The molecule has 2 aromatic heterocycles. The van der Waals surface area contributed by atoms with Gasteiger partial charge in [-0.15, -0.1) is 0 Å². The van der Waals surface area contributed by atoms with Crippen LogP contribution in [-0.4, -0.2) is 32.4 Å². The molecular formula is C22H17N5O. The van der Waals surface area contributed by atoms with Crippen LogP contribution in [-0.2, 0) is 6.42 Å². The Morgan fingerprint density at radius 1 is 0.786 bits per heavy atom. The molecule has 0 fully saturated rings. The zero-order valence-corrected chi connectivity index (χ0v) is 15.0. The quantitative estimate of drug-likeness (QED) is 0.475. The number of para-hydroxylation sites is 4. The fourth-order valence-electron chi connectivity index (χ4n) is 3.28. The molecule has 5 aromatic rings. The van der Waals surface area contributed by atoms with E-state index in [0.29, 0.717) is 24.0 Å². The van der Waals surface area contributed by atoms with Gasteiger partial charge in [-0.25, -0.2) is 15.0 Å². The van der Waals surface area contributed by atoms with Crippen LogP contribution in [0, 0.1) is 0 Å². The highest BCUT2D eigenvalue weighted by atomic mass is 16.1. The van der Waals surface area contributed by atoms with Crippen LogP contribution >= 0.6 is 0 Å². The minimum absolute atomic E-state index is 0.132. The summed E-state index contributed by atoms with van der Waals surface area (Å²) in [6.07, 6.45) is 0.637. The van der Waals surface area contributed by atoms with Gasteiger partial charge in [0.15, 0.2) is 0 Å². The van der Waals surface area contributed by atoms with Crippen LogP contribution in [0.25, 0.3) is 33.1 Å². The highest BCUT2D eigenvalue weighted by Crippen LogP contribution is 2.17. The third-order valence-corrected chi connectivity index (χ3v) is 4.69. The summed E-state index contributed by atoms with van der Waals surface area (Å²) in [5, 5.41) is 2.95. The van der Waals surface area contributed by atoms with E-state index >= 15 is 0 Å². The molecule has 0 aliphatic heterocycles. The molecule has 0 aliphatic rings. The Balaban J connectivity index is 1.31. The average Bonchev–Trinajstić information content (AvgIpc) is 3.14. The van der Waals surface area contributed by atoms with Crippen molar-refractivity contribution in [1.29, 1.82) is 0 Å². The molecule has 136 valence electrons. The summed E-state index contributed by atoms with van der Waals surface area (Å²) >= 11 is 0. The lowest BCUT2D eigenvalue weighted by Gasteiger charge is -2.06. The second-order valence-corrected chi connectivity index (χ2v) is 6.62. The molecule has 6 heteroatoms.